The van der Waals surface area contributed by atoms with Gasteiger partial charge < -0.3 is 11.1 Å². The van der Waals surface area contributed by atoms with Crippen LogP contribution >= 0.6 is 0 Å². The molecule has 1 aromatic carbocycles. The van der Waals surface area contributed by atoms with E-state index in [0.29, 0.717) is 11.3 Å². The molecule has 0 spiro atoms. The van der Waals surface area contributed by atoms with E-state index in [9.17, 15) is 14.9 Å². The second-order valence-electron chi connectivity index (χ2n) is 4.51. The van der Waals surface area contributed by atoms with Crippen molar-refractivity contribution >= 4 is 17.3 Å². The molecule has 0 fully saturated rings. The van der Waals surface area contributed by atoms with Crippen molar-refractivity contribution in [3.05, 3.63) is 33.9 Å². The number of nitro benzene ring substituents is 1. The lowest BCUT2D eigenvalue weighted by Crippen LogP contribution is -2.27. The van der Waals surface area contributed by atoms with E-state index in [1.165, 1.54) is 6.07 Å². The highest BCUT2D eigenvalue weighted by atomic mass is 16.6. The molecule has 0 saturated carbocycles. The van der Waals surface area contributed by atoms with Gasteiger partial charge in [0.25, 0.3) is 5.69 Å². The Morgan fingerprint density at radius 2 is 2.21 bits per heavy atom. The van der Waals surface area contributed by atoms with E-state index in [4.69, 9.17) is 5.73 Å². The minimum absolute atomic E-state index is 0.00402. The zero-order valence-electron chi connectivity index (χ0n) is 11.2. The molecule has 0 aliphatic carbocycles. The highest BCUT2D eigenvalue weighted by Gasteiger charge is 2.15. The lowest BCUT2D eigenvalue weighted by Gasteiger charge is -2.12. The smallest absolute Gasteiger partial charge is 0.274 e. The molecule has 1 unspecified atom stereocenters. The Kier molecular flexibility index (Phi) is 5.44. The standard InChI is InChI=1S/C13H19N3O3/c1-3-5-10(14)8-13(17)15-11-6-4-7-12(9(11)2)16(18)19/h4,6-7,10H,3,5,8,14H2,1-2H3,(H,15,17). The Morgan fingerprint density at radius 3 is 2.79 bits per heavy atom. The molecule has 0 saturated heterocycles. The third kappa shape index (κ3) is 4.33. The van der Waals surface area contributed by atoms with Crippen LogP contribution in [0.25, 0.3) is 0 Å². The van der Waals surface area contributed by atoms with Gasteiger partial charge in [-0.15, -0.1) is 0 Å². The van der Waals surface area contributed by atoms with Crippen LogP contribution in [0.5, 0.6) is 0 Å². The van der Waals surface area contributed by atoms with E-state index in [0.717, 1.165) is 12.8 Å². The summed E-state index contributed by atoms with van der Waals surface area (Å²) in [6, 6.07) is 4.43. The molecule has 1 amide bonds. The van der Waals surface area contributed by atoms with Crippen molar-refractivity contribution in [2.24, 2.45) is 5.73 Å². The fourth-order valence-electron chi connectivity index (χ4n) is 1.87. The molecular formula is C13H19N3O3. The largest absolute Gasteiger partial charge is 0.327 e. The fraction of sp³-hybridized carbons (Fsp3) is 0.462. The van der Waals surface area contributed by atoms with Crippen molar-refractivity contribution in [1.82, 2.24) is 0 Å². The topological polar surface area (TPSA) is 98.3 Å². The van der Waals surface area contributed by atoms with E-state index in [1.807, 2.05) is 6.92 Å². The molecule has 1 atom stereocenters. The number of carbonyl (C=O) groups excluding carboxylic acids is 1. The Hall–Kier alpha value is -1.95. The summed E-state index contributed by atoms with van der Waals surface area (Å²) < 4.78 is 0. The molecule has 0 aliphatic rings. The molecule has 0 aromatic heterocycles. The van der Waals surface area contributed by atoms with Crippen LogP contribution in [0.4, 0.5) is 11.4 Å². The number of rotatable bonds is 6. The fourth-order valence-corrected chi connectivity index (χ4v) is 1.87. The summed E-state index contributed by atoms with van der Waals surface area (Å²) in [5.41, 5.74) is 6.69. The maximum Gasteiger partial charge on any atom is 0.274 e. The quantitative estimate of drug-likeness (QED) is 0.609. The van der Waals surface area contributed by atoms with Crippen LogP contribution < -0.4 is 11.1 Å². The number of hydrogen-bond donors (Lipinski definition) is 2. The van der Waals surface area contributed by atoms with Crippen molar-refractivity contribution in [3.8, 4) is 0 Å². The van der Waals surface area contributed by atoms with E-state index in [-0.39, 0.29) is 24.1 Å². The van der Waals surface area contributed by atoms with Crippen LogP contribution in [0.2, 0.25) is 0 Å². The molecule has 1 aromatic rings. The first kappa shape index (κ1) is 15.1. The van der Waals surface area contributed by atoms with Gasteiger partial charge in [0, 0.05) is 18.5 Å². The first-order valence-corrected chi connectivity index (χ1v) is 6.25. The minimum Gasteiger partial charge on any atom is -0.327 e. The summed E-state index contributed by atoms with van der Waals surface area (Å²) in [5, 5.41) is 13.5. The molecule has 0 heterocycles. The van der Waals surface area contributed by atoms with Crippen LogP contribution in [0, 0.1) is 17.0 Å². The van der Waals surface area contributed by atoms with Gasteiger partial charge in [0.05, 0.1) is 16.2 Å². The van der Waals surface area contributed by atoms with E-state index >= 15 is 0 Å². The third-order valence-electron chi connectivity index (χ3n) is 2.88. The number of anilines is 1. The van der Waals surface area contributed by atoms with E-state index < -0.39 is 4.92 Å². The summed E-state index contributed by atoms with van der Waals surface area (Å²) in [5.74, 6) is -0.218. The van der Waals surface area contributed by atoms with Gasteiger partial charge in [-0.1, -0.05) is 19.4 Å². The lowest BCUT2D eigenvalue weighted by atomic mass is 10.1. The zero-order chi connectivity index (χ0) is 14.4. The molecule has 6 nitrogen and oxygen atoms in total. The minimum atomic E-state index is -0.464. The number of carbonyl (C=O) groups is 1. The Bertz CT molecular complexity index is 474. The normalized spacial score (nSPS) is 11.9. The number of nitrogens with zero attached hydrogens (tertiary/aromatic N) is 1. The second-order valence-corrected chi connectivity index (χ2v) is 4.51. The van der Waals surface area contributed by atoms with Gasteiger partial charge in [-0.3, -0.25) is 14.9 Å². The molecule has 1 rings (SSSR count). The van der Waals surface area contributed by atoms with Gasteiger partial charge in [-0.2, -0.15) is 0 Å². The molecule has 0 radical (unpaired) electrons. The van der Waals surface area contributed by atoms with Crippen LogP contribution in [0.3, 0.4) is 0 Å². The predicted octanol–water partition coefficient (Wildman–Crippen LogP) is 2.36. The van der Waals surface area contributed by atoms with Crippen LogP contribution in [-0.4, -0.2) is 16.9 Å². The zero-order valence-corrected chi connectivity index (χ0v) is 11.2. The molecule has 3 N–H and O–H groups in total. The second kappa shape index (κ2) is 6.84. The van der Waals surface area contributed by atoms with Gasteiger partial charge in [0.1, 0.15) is 0 Å². The number of nitrogens with one attached hydrogen (secondary N) is 1. The SMILES string of the molecule is CCCC(N)CC(=O)Nc1cccc([N+](=O)[O-])c1C. The van der Waals surface area contributed by atoms with Gasteiger partial charge >= 0.3 is 0 Å². The average Bonchev–Trinajstić information content (AvgIpc) is 2.31. The monoisotopic (exact) mass is 265 g/mol. The van der Waals surface area contributed by atoms with Crippen molar-refractivity contribution in [2.75, 3.05) is 5.32 Å². The van der Waals surface area contributed by atoms with Crippen molar-refractivity contribution in [3.63, 3.8) is 0 Å². The molecule has 19 heavy (non-hydrogen) atoms. The van der Waals surface area contributed by atoms with Crippen LogP contribution in [-0.2, 0) is 4.79 Å². The molecule has 0 aliphatic heterocycles. The molecular weight excluding hydrogens is 246 g/mol. The number of amides is 1. The first-order chi connectivity index (χ1) is 8.95. The summed E-state index contributed by atoms with van der Waals surface area (Å²) in [6.07, 6.45) is 1.92. The Morgan fingerprint density at radius 1 is 1.53 bits per heavy atom. The summed E-state index contributed by atoms with van der Waals surface area (Å²) in [4.78, 5) is 22.1. The van der Waals surface area contributed by atoms with Gasteiger partial charge in [-0.25, -0.2) is 0 Å². The molecule has 0 bridgehead atoms. The summed E-state index contributed by atoms with van der Waals surface area (Å²) >= 11 is 0. The molecule has 6 heteroatoms. The van der Waals surface area contributed by atoms with Crippen LogP contribution in [0.15, 0.2) is 18.2 Å². The number of hydrogen-bond acceptors (Lipinski definition) is 4. The number of nitro groups is 1. The van der Waals surface area contributed by atoms with E-state index in [2.05, 4.69) is 5.32 Å². The van der Waals surface area contributed by atoms with Gasteiger partial charge in [0.2, 0.25) is 5.91 Å². The summed E-state index contributed by atoms with van der Waals surface area (Å²) in [7, 11) is 0. The predicted molar refractivity (Wildman–Crippen MR) is 74.0 cm³/mol. The number of benzene rings is 1. The Balaban J connectivity index is 2.75. The lowest BCUT2D eigenvalue weighted by molar-refractivity contribution is -0.385. The highest BCUT2D eigenvalue weighted by molar-refractivity contribution is 5.92. The van der Waals surface area contributed by atoms with Crippen molar-refractivity contribution < 1.29 is 9.72 Å². The van der Waals surface area contributed by atoms with Crippen molar-refractivity contribution in [1.29, 1.82) is 0 Å². The van der Waals surface area contributed by atoms with Crippen molar-refractivity contribution in [2.45, 2.75) is 39.2 Å². The van der Waals surface area contributed by atoms with Gasteiger partial charge in [-0.05, 0) is 19.4 Å². The van der Waals surface area contributed by atoms with Crippen LogP contribution in [0.1, 0.15) is 31.7 Å². The summed E-state index contributed by atoms with van der Waals surface area (Å²) in [6.45, 7) is 3.61. The maximum atomic E-state index is 11.8. The first-order valence-electron chi connectivity index (χ1n) is 6.25. The Labute approximate surface area is 112 Å². The average molecular weight is 265 g/mol. The maximum absolute atomic E-state index is 11.8. The molecule has 104 valence electrons. The third-order valence-corrected chi connectivity index (χ3v) is 2.88. The van der Waals surface area contributed by atoms with E-state index in [1.54, 1.807) is 19.1 Å². The highest BCUT2D eigenvalue weighted by Crippen LogP contribution is 2.25. The van der Waals surface area contributed by atoms with Gasteiger partial charge in [0.15, 0.2) is 0 Å². The number of nitrogens with two attached hydrogens (primary N) is 1.